The first kappa shape index (κ1) is 47.9. The van der Waals surface area contributed by atoms with Gasteiger partial charge in [0.15, 0.2) is 0 Å². The van der Waals surface area contributed by atoms with Crippen LogP contribution >= 0.6 is 0 Å². The third-order valence-electron chi connectivity index (χ3n) is 9.78. The Morgan fingerprint density at radius 2 is 0.661 bits per heavy atom. The molecule has 322 valence electrons. The van der Waals surface area contributed by atoms with E-state index in [1.165, 1.54) is 0 Å². The smallest absolute Gasteiger partial charge is 0.262 e. The second-order valence-electron chi connectivity index (χ2n) is 13.6. The van der Waals surface area contributed by atoms with Gasteiger partial charge >= 0.3 is 0 Å². The van der Waals surface area contributed by atoms with E-state index in [1.54, 1.807) is 91.0 Å². The average Bonchev–Trinajstić information content (AvgIpc) is 3.75. The molecule has 0 unspecified atom stereocenters. The predicted molar refractivity (Wildman–Crippen MR) is 233 cm³/mol. The third kappa shape index (κ3) is 11.7. The molecule has 14 heteroatoms. The largest absolute Gasteiger partial charge is 0.394 e. The van der Waals surface area contributed by atoms with Gasteiger partial charge in [0.25, 0.3) is 23.6 Å². The maximum atomic E-state index is 13.4. The first-order valence-electron chi connectivity index (χ1n) is 19.5. The quantitative estimate of drug-likeness (QED) is 0.0524. The van der Waals surface area contributed by atoms with E-state index in [-0.39, 0.29) is 31.1 Å². The molecule has 0 aliphatic carbocycles. The zero-order valence-corrected chi connectivity index (χ0v) is 33.8. The fraction of sp³-hybridized carbons (Fsp3) is 0.167. The Hall–Kier alpha value is -6.78. The number of aliphatic hydroxyl groups is 2. The van der Waals surface area contributed by atoms with Crippen LogP contribution in [0.15, 0.2) is 170 Å². The summed E-state index contributed by atoms with van der Waals surface area (Å²) >= 11 is 0. The summed E-state index contributed by atoms with van der Waals surface area (Å²) in [4.78, 5) is 51.5. The van der Waals surface area contributed by atoms with Crippen LogP contribution in [0.5, 0.6) is 0 Å². The fourth-order valence-electron chi connectivity index (χ4n) is 6.57. The Bertz CT molecular complexity index is 2090. The number of halogens is 2. The minimum Gasteiger partial charge on any atom is -0.394 e. The zero-order valence-electron chi connectivity index (χ0n) is 33.8. The number of alkyl halides is 2. The molecule has 0 saturated heterocycles. The summed E-state index contributed by atoms with van der Waals surface area (Å²) in [5, 5.41) is 18.3. The number of hydrazine groups is 1. The molecule has 0 aromatic heterocycles. The lowest BCUT2D eigenvalue weighted by molar-refractivity contribution is 0.0510. The van der Waals surface area contributed by atoms with Crippen molar-refractivity contribution in [2.75, 3.05) is 26.6 Å². The van der Waals surface area contributed by atoms with Crippen LogP contribution in [0.3, 0.4) is 0 Å². The Morgan fingerprint density at radius 3 is 0.952 bits per heavy atom. The van der Waals surface area contributed by atoms with Crippen molar-refractivity contribution in [3.63, 3.8) is 0 Å². The molecule has 6 aromatic rings. The molecule has 8 rings (SSSR count). The van der Waals surface area contributed by atoms with Crippen molar-refractivity contribution in [3.05, 3.63) is 214 Å². The average molecular weight is 845 g/mol. The van der Waals surface area contributed by atoms with Crippen LogP contribution < -0.4 is 23.2 Å². The number of amides is 4. The molecule has 2 aliphatic heterocycles. The number of benzene rings is 6. The van der Waals surface area contributed by atoms with Gasteiger partial charge in [-0.3, -0.25) is 40.7 Å². The van der Waals surface area contributed by atoms with E-state index in [2.05, 4.69) is 11.7 Å². The number of nitrogens with zero attached hydrogens (tertiary/aromatic N) is 2. The highest BCUT2D eigenvalue weighted by molar-refractivity contribution is 6.22. The SMILES string of the molecule is NN.N[C@H](CF)c1ccccc1.N[C@H](CO)c1ccccc1.O=C1c2ccccc2C(=O)N1[C@H](CF)c1ccccc1.O=C1c2ccccc2C(=O)N1[C@H](CO)c1ccccc1. The first-order chi connectivity index (χ1) is 30.2. The number of carbonyl (C=O) groups excluding carboxylic acids is 4. The van der Waals surface area contributed by atoms with Crippen LogP contribution in [-0.2, 0) is 0 Å². The lowest BCUT2D eigenvalue weighted by atomic mass is 10.1. The lowest BCUT2D eigenvalue weighted by Crippen LogP contribution is -2.36. The molecule has 0 bridgehead atoms. The van der Waals surface area contributed by atoms with Gasteiger partial charge < -0.3 is 21.7 Å². The van der Waals surface area contributed by atoms with Gasteiger partial charge in [0.2, 0.25) is 0 Å². The number of aliphatic hydroxyl groups excluding tert-OH is 2. The van der Waals surface area contributed by atoms with Gasteiger partial charge in [0.05, 0.1) is 59.6 Å². The standard InChI is InChI=1S/C16H12FNO2.C16H13NO3.C8H10FN.C8H11NO.H4N2/c17-10-14(11-6-2-1-3-7-11)18-15(19)12-8-4-5-9-13(12)16(18)20;18-10-14(11-6-2-1-3-7-11)17-15(19)12-8-4-5-9-13(12)16(17)20;9-6-8(10)7-4-2-1-3-5-7;9-8(6-10)7-4-2-1-3-5-7;1-2/h1-9,14H,10H2;1-9,14,18H,10H2;1-5,8H,6,10H2;1-5,8,10H,6,9H2;1-2H2/t2*14-;2*8-;/m1111./s1. The van der Waals surface area contributed by atoms with E-state index >= 15 is 0 Å². The van der Waals surface area contributed by atoms with Gasteiger partial charge in [-0.15, -0.1) is 0 Å². The number of hydrogen-bond donors (Lipinski definition) is 6. The molecule has 10 N–H and O–H groups in total. The molecular formula is C48H50F2N6O6. The number of nitrogens with two attached hydrogens (primary N) is 4. The van der Waals surface area contributed by atoms with Gasteiger partial charge in [-0.25, -0.2) is 8.78 Å². The normalized spacial score (nSPS) is 14.2. The maximum absolute atomic E-state index is 13.4. The molecule has 0 fully saturated rings. The van der Waals surface area contributed by atoms with Crippen molar-refractivity contribution in [2.45, 2.75) is 24.2 Å². The summed E-state index contributed by atoms with van der Waals surface area (Å²) in [6.07, 6.45) is 0. The van der Waals surface area contributed by atoms with Gasteiger partial charge in [-0.2, -0.15) is 0 Å². The van der Waals surface area contributed by atoms with Crippen LogP contribution in [0, 0.1) is 0 Å². The molecule has 4 atom stereocenters. The number of hydrogen-bond acceptors (Lipinski definition) is 10. The van der Waals surface area contributed by atoms with Crippen LogP contribution in [0.2, 0.25) is 0 Å². The van der Waals surface area contributed by atoms with Gasteiger partial charge in [0, 0.05) is 0 Å². The monoisotopic (exact) mass is 844 g/mol. The predicted octanol–water partition coefficient (Wildman–Crippen LogP) is 6.16. The molecule has 0 spiro atoms. The van der Waals surface area contributed by atoms with E-state index in [1.807, 2.05) is 78.9 Å². The highest BCUT2D eigenvalue weighted by Gasteiger charge is 2.41. The van der Waals surface area contributed by atoms with Crippen molar-refractivity contribution in [3.8, 4) is 0 Å². The van der Waals surface area contributed by atoms with E-state index in [9.17, 15) is 33.1 Å². The summed E-state index contributed by atoms with van der Waals surface area (Å²) in [5.74, 6) is 6.43. The molecule has 4 amide bonds. The second-order valence-corrected chi connectivity index (χ2v) is 13.6. The Morgan fingerprint density at radius 1 is 0.387 bits per heavy atom. The minimum atomic E-state index is -0.872. The van der Waals surface area contributed by atoms with E-state index in [0.29, 0.717) is 27.8 Å². The van der Waals surface area contributed by atoms with Crippen LogP contribution in [-0.4, -0.2) is 70.2 Å². The Balaban J connectivity index is 0.000000188. The topological polar surface area (TPSA) is 219 Å². The summed E-state index contributed by atoms with van der Waals surface area (Å²) in [6, 6.07) is 47.7. The number of carbonyl (C=O) groups is 4. The van der Waals surface area contributed by atoms with Gasteiger partial charge in [0.1, 0.15) is 13.3 Å². The van der Waals surface area contributed by atoms with Crippen molar-refractivity contribution in [1.29, 1.82) is 0 Å². The fourth-order valence-corrected chi connectivity index (χ4v) is 6.57. The highest BCUT2D eigenvalue weighted by atomic mass is 19.1. The van der Waals surface area contributed by atoms with Crippen molar-refractivity contribution >= 4 is 23.6 Å². The highest BCUT2D eigenvalue weighted by Crippen LogP contribution is 2.32. The summed E-state index contributed by atoms with van der Waals surface area (Å²) in [6.45, 7) is -1.58. The first-order valence-corrected chi connectivity index (χ1v) is 19.5. The van der Waals surface area contributed by atoms with Gasteiger partial charge in [-0.05, 0) is 46.5 Å². The van der Waals surface area contributed by atoms with E-state index < -0.39 is 43.3 Å². The maximum Gasteiger partial charge on any atom is 0.262 e. The molecule has 12 nitrogen and oxygen atoms in total. The number of rotatable bonds is 10. The Kier molecular flexibility index (Phi) is 18.9. The molecule has 62 heavy (non-hydrogen) atoms. The van der Waals surface area contributed by atoms with Crippen molar-refractivity contribution in [1.82, 2.24) is 9.80 Å². The molecular weight excluding hydrogens is 795 g/mol. The minimum absolute atomic E-state index is 0.00398. The van der Waals surface area contributed by atoms with E-state index in [4.69, 9.17) is 16.6 Å². The van der Waals surface area contributed by atoms with Crippen molar-refractivity contribution in [2.24, 2.45) is 23.2 Å². The van der Waals surface area contributed by atoms with Crippen LogP contribution in [0.25, 0.3) is 0 Å². The third-order valence-corrected chi connectivity index (χ3v) is 9.78. The summed E-state index contributed by atoms with van der Waals surface area (Å²) < 4.78 is 25.4. The lowest BCUT2D eigenvalue weighted by Gasteiger charge is -2.24. The molecule has 2 heterocycles. The van der Waals surface area contributed by atoms with Crippen LogP contribution in [0.4, 0.5) is 8.78 Å². The van der Waals surface area contributed by atoms with Gasteiger partial charge in [-0.1, -0.05) is 146 Å². The van der Waals surface area contributed by atoms with Crippen LogP contribution in [0.1, 0.15) is 87.9 Å². The summed E-state index contributed by atoms with van der Waals surface area (Å²) in [5.41, 5.74) is 15.6. The molecule has 0 radical (unpaired) electrons. The summed E-state index contributed by atoms with van der Waals surface area (Å²) in [7, 11) is 0. The second kappa shape index (κ2) is 24.5. The molecule has 2 aliphatic rings. The molecule has 0 saturated carbocycles. The number of fused-ring (bicyclic) bond motifs is 2. The van der Waals surface area contributed by atoms with E-state index in [0.717, 1.165) is 26.5 Å². The Labute approximate surface area is 359 Å². The molecule has 6 aromatic carbocycles. The van der Waals surface area contributed by atoms with Crippen molar-refractivity contribution < 1.29 is 38.2 Å². The number of imide groups is 2. The zero-order chi connectivity index (χ0) is 45.0.